The van der Waals surface area contributed by atoms with Crippen molar-refractivity contribution in [3.8, 4) is 0 Å². The van der Waals surface area contributed by atoms with Crippen LogP contribution in [0.4, 0.5) is 13.2 Å². The lowest BCUT2D eigenvalue weighted by molar-refractivity contribution is -0.139. The van der Waals surface area contributed by atoms with Gasteiger partial charge >= 0.3 is 6.18 Å². The largest absolute Gasteiger partial charge is 0.416 e. The molecule has 1 atom stereocenters. The van der Waals surface area contributed by atoms with Gasteiger partial charge in [-0.2, -0.15) is 13.2 Å². The van der Waals surface area contributed by atoms with E-state index in [-0.39, 0.29) is 49.4 Å². The van der Waals surface area contributed by atoms with Gasteiger partial charge in [0, 0.05) is 25.9 Å². The van der Waals surface area contributed by atoms with Crippen molar-refractivity contribution in [2.24, 2.45) is 0 Å². The molecule has 1 aromatic rings. The van der Waals surface area contributed by atoms with Crippen molar-refractivity contribution in [2.75, 3.05) is 6.54 Å². The molecule has 7 heteroatoms. The average Bonchev–Trinajstić information content (AvgIpc) is 2.78. The van der Waals surface area contributed by atoms with Crippen LogP contribution in [-0.4, -0.2) is 29.3 Å². The van der Waals surface area contributed by atoms with E-state index in [9.17, 15) is 22.8 Å². The molecule has 1 aliphatic heterocycles. The number of benzene rings is 1. The molecule has 4 nitrogen and oxygen atoms in total. The molecular formula is C16H17F3N2O2. The van der Waals surface area contributed by atoms with Crippen LogP contribution < -0.4 is 5.32 Å². The Kier molecular flexibility index (Phi) is 5.08. The maximum atomic E-state index is 13.0. The van der Waals surface area contributed by atoms with Gasteiger partial charge in [0.25, 0.3) is 0 Å². The summed E-state index contributed by atoms with van der Waals surface area (Å²) in [4.78, 5) is 24.8. The fourth-order valence-corrected chi connectivity index (χ4v) is 2.58. The minimum Gasteiger partial charge on any atom is -0.351 e. The van der Waals surface area contributed by atoms with E-state index < -0.39 is 11.7 Å². The Morgan fingerprint density at radius 3 is 2.74 bits per heavy atom. The van der Waals surface area contributed by atoms with E-state index >= 15 is 0 Å². The monoisotopic (exact) mass is 326 g/mol. The number of rotatable bonds is 5. The number of nitrogens with one attached hydrogen (secondary N) is 1. The van der Waals surface area contributed by atoms with Crippen molar-refractivity contribution in [2.45, 2.75) is 31.6 Å². The summed E-state index contributed by atoms with van der Waals surface area (Å²) in [5.74, 6) is -0.527. The number of likely N-dealkylation sites (tertiary alicyclic amines) is 1. The molecule has 1 heterocycles. The minimum absolute atomic E-state index is 0.0476. The second-order valence-corrected chi connectivity index (χ2v) is 5.39. The Morgan fingerprint density at radius 2 is 2.09 bits per heavy atom. The number of amides is 2. The zero-order chi connectivity index (χ0) is 17.0. The summed E-state index contributed by atoms with van der Waals surface area (Å²) in [7, 11) is 0. The summed E-state index contributed by atoms with van der Waals surface area (Å²) in [6.45, 7) is 3.53. The van der Waals surface area contributed by atoms with Crippen molar-refractivity contribution in [3.05, 3.63) is 48.0 Å². The Balaban J connectivity index is 2.06. The van der Waals surface area contributed by atoms with Crippen molar-refractivity contribution in [3.63, 3.8) is 0 Å². The van der Waals surface area contributed by atoms with Crippen LogP contribution in [0.2, 0.25) is 0 Å². The number of hydrogen-bond acceptors (Lipinski definition) is 2. The molecule has 1 N–H and O–H groups in total. The standard InChI is InChI=1S/C16H17F3N2O2/c1-2-5-14(22)20-12-8-15(23)21(10-12)9-11-6-3-4-7-13(11)16(17,18)19/h2-4,6-7,12H,1,5,8-10H2,(H,20,22)/t12-/m1/s1. The molecule has 0 radical (unpaired) electrons. The Labute approximate surface area is 132 Å². The van der Waals surface area contributed by atoms with Gasteiger partial charge in [0.05, 0.1) is 11.6 Å². The zero-order valence-electron chi connectivity index (χ0n) is 12.4. The molecule has 2 amide bonds. The topological polar surface area (TPSA) is 49.4 Å². The van der Waals surface area contributed by atoms with Crippen molar-refractivity contribution < 1.29 is 22.8 Å². The first-order chi connectivity index (χ1) is 10.8. The molecule has 124 valence electrons. The highest BCUT2D eigenvalue weighted by atomic mass is 19.4. The molecule has 0 unspecified atom stereocenters. The summed E-state index contributed by atoms with van der Waals surface area (Å²) in [5, 5.41) is 2.68. The van der Waals surface area contributed by atoms with Crippen LogP contribution in [0.5, 0.6) is 0 Å². The van der Waals surface area contributed by atoms with Gasteiger partial charge in [0.1, 0.15) is 0 Å². The molecule has 1 aliphatic rings. The predicted octanol–water partition coefficient (Wildman–Crippen LogP) is 2.50. The van der Waals surface area contributed by atoms with E-state index in [1.54, 1.807) is 0 Å². The quantitative estimate of drug-likeness (QED) is 0.845. The van der Waals surface area contributed by atoms with Crippen molar-refractivity contribution in [1.29, 1.82) is 0 Å². The summed E-state index contributed by atoms with van der Waals surface area (Å²) in [6, 6.07) is 4.80. The van der Waals surface area contributed by atoms with Gasteiger partial charge in [-0.05, 0) is 11.6 Å². The average molecular weight is 326 g/mol. The van der Waals surface area contributed by atoms with E-state index in [0.29, 0.717) is 0 Å². The fraction of sp³-hybridized carbons (Fsp3) is 0.375. The molecule has 0 saturated carbocycles. The van der Waals surface area contributed by atoms with E-state index in [1.807, 2.05) is 0 Å². The molecule has 1 saturated heterocycles. The van der Waals surface area contributed by atoms with Crippen molar-refractivity contribution >= 4 is 11.8 Å². The summed E-state index contributed by atoms with van der Waals surface area (Å²) >= 11 is 0. The Morgan fingerprint density at radius 1 is 1.39 bits per heavy atom. The number of carbonyl (C=O) groups excluding carboxylic acids is 2. The van der Waals surface area contributed by atoms with Gasteiger partial charge in [-0.25, -0.2) is 0 Å². The van der Waals surface area contributed by atoms with Crippen LogP contribution in [0.15, 0.2) is 36.9 Å². The molecule has 0 aliphatic carbocycles. The third-order valence-electron chi connectivity index (χ3n) is 3.59. The predicted molar refractivity (Wildman–Crippen MR) is 78.2 cm³/mol. The molecule has 1 fully saturated rings. The van der Waals surface area contributed by atoms with Crippen LogP contribution in [0, 0.1) is 0 Å². The number of halogens is 3. The molecule has 0 aromatic heterocycles. The fourth-order valence-electron chi connectivity index (χ4n) is 2.58. The zero-order valence-corrected chi connectivity index (χ0v) is 12.4. The highest BCUT2D eigenvalue weighted by Gasteiger charge is 2.35. The lowest BCUT2D eigenvalue weighted by Crippen LogP contribution is -2.36. The van der Waals surface area contributed by atoms with Gasteiger partial charge in [0.2, 0.25) is 11.8 Å². The van der Waals surface area contributed by atoms with Crippen LogP contribution in [0.1, 0.15) is 24.0 Å². The number of carbonyl (C=O) groups is 2. The van der Waals surface area contributed by atoms with Gasteiger partial charge < -0.3 is 10.2 Å². The Hall–Kier alpha value is -2.31. The van der Waals surface area contributed by atoms with E-state index in [1.165, 1.54) is 29.2 Å². The molecular weight excluding hydrogens is 309 g/mol. The van der Waals surface area contributed by atoms with E-state index in [0.717, 1.165) is 6.07 Å². The minimum atomic E-state index is -4.46. The van der Waals surface area contributed by atoms with E-state index in [4.69, 9.17) is 0 Å². The number of nitrogens with zero attached hydrogens (tertiary/aromatic N) is 1. The number of alkyl halides is 3. The van der Waals surface area contributed by atoms with Gasteiger partial charge in [-0.15, -0.1) is 6.58 Å². The first kappa shape index (κ1) is 17.1. The molecule has 2 rings (SSSR count). The summed E-state index contributed by atoms with van der Waals surface area (Å²) < 4.78 is 38.9. The molecule has 0 spiro atoms. The maximum Gasteiger partial charge on any atom is 0.416 e. The Bertz CT molecular complexity index is 614. The maximum absolute atomic E-state index is 13.0. The van der Waals surface area contributed by atoms with Crippen LogP contribution >= 0.6 is 0 Å². The van der Waals surface area contributed by atoms with Gasteiger partial charge in [-0.3, -0.25) is 9.59 Å². The normalized spacial score (nSPS) is 18.1. The SMILES string of the molecule is C=CCC(=O)N[C@@H]1CC(=O)N(Cc2ccccc2C(F)(F)F)C1. The highest BCUT2D eigenvalue weighted by molar-refractivity contribution is 5.82. The highest BCUT2D eigenvalue weighted by Crippen LogP contribution is 2.32. The number of hydrogen-bond donors (Lipinski definition) is 1. The van der Waals surface area contributed by atoms with Crippen LogP contribution in [0.3, 0.4) is 0 Å². The third-order valence-corrected chi connectivity index (χ3v) is 3.59. The molecule has 23 heavy (non-hydrogen) atoms. The molecule has 0 bridgehead atoms. The summed E-state index contributed by atoms with van der Waals surface area (Å²) in [5.41, 5.74) is -0.696. The van der Waals surface area contributed by atoms with Crippen molar-refractivity contribution in [1.82, 2.24) is 10.2 Å². The first-order valence-electron chi connectivity index (χ1n) is 7.14. The summed E-state index contributed by atoms with van der Waals surface area (Å²) in [6.07, 6.45) is -2.78. The lowest BCUT2D eigenvalue weighted by atomic mass is 10.1. The second-order valence-electron chi connectivity index (χ2n) is 5.39. The van der Waals surface area contributed by atoms with Crippen LogP contribution in [-0.2, 0) is 22.3 Å². The van der Waals surface area contributed by atoms with Crippen LogP contribution in [0.25, 0.3) is 0 Å². The third kappa shape index (κ3) is 4.34. The smallest absolute Gasteiger partial charge is 0.351 e. The van der Waals surface area contributed by atoms with Gasteiger partial charge in [-0.1, -0.05) is 24.3 Å². The molecule has 1 aromatic carbocycles. The first-order valence-corrected chi connectivity index (χ1v) is 7.14. The van der Waals surface area contributed by atoms with E-state index in [2.05, 4.69) is 11.9 Å². The second kappa shape index (κ2) is 6.85. The lowest BCUT2D eigenvalue weighted by Gasteiger charge is -2.20. The van der Waals surface area contributed by atoms with Gasteiger partial charge in [0.15, 0.2) is 0 Å².